The Labute approximate surface area is 190 Å². The maximum Gasteiger partial charge on any atom is 0.330 e. The van der Waals surface area contributed by atoms with Crippen LogP contribution in [-0.2, 0) is 9.53 Å². The Bertz CT molecular complexity index is 1100. The highest BCUT2D eigenvalue weighted by atomic mass is 16.5. The Morgan fingerprint density at radius 2 is 2.00 bits per heavy atom. The van der Waals surface area contributed by atoms with Gasteiger partial charge in [0.1, 0.15) is 5.75 Å². The Balaban J connectivity index is 2.54. The maximum absolute atomic E-state index is 11.8. The van der Waals surface area contributed by atoms with Crippen molar-refractivity contribution in [1.29, 1.82) is 5.26 Å². The predicted molar refractivity (Wildman–Crippen MR) is 131 cm³/mol. The minimum absolute atomic E-state index is 0.312. The van der Waals surface area contributed by atoms with E-state index in [4.69, 9.17) is 9.47 Å². The van der Waals surface area contributed by atoms with Crippen LogP contribution < -0.4 is 4.74 Å². The molecule has 0 aliphatic carbocycles. The van der Waals surface area contributed by atoms with Crippen LogP contribution in [0.15, 0.2) is 73.4 Å². The highest BCUT2D eigenvalue weighted by molar-refractivity contribution is 5.90. The van der Waals surface area contributed by atoms with Gasteiger partial charge in [-0.15, -0.1) is 0 Å². The molecule has 4 nitrogen and oxygen atoms in total. The molecular weight excluding hydrogens is 398 g/mol. The van der Waals surface area contributed by atoms with Gasteiger partial charge in [-0.3, -0.25) is 0 Å². The van der Waals surface area contributed by atoms with Crippen molar-refractivity contribution in [1.82, 2.24) is 0 Å². The van der Waals surface area contributed by atoms with Gasteiger partial charge in [0.15, 0.2) is 0 Å². The lowest BCUT2D eigenvalue weighted by Crippen LogP contribution is -1.99. The van der Waals surface area contributed by atoms with Gasteiger partial charge in [-0.25, -0.2) is 4.79 Å². The number of carbonyl (C=O) groups is 1. The van der Waals surface area contributed by atoms with E-state index in [0.717, 1.165) is 27.8 Å². The first kappa shape index (κ1) is 24.4. The molecule has 0 aliphatic heterocycles. The van der Waals surface area contributed by atoms with Crippen LogP contribution in [0.25, 0.3) is 22.8 Å². The molecule has 0 saturated carbocycles. The van der Waals surface area contributed by atoms with Crippen LogP contribution in [0.5, 0.6) is 5.75 Å². The maximum atomic E-state index is 11.8. The van der Waals surface area contributed by atoms with Crippen LogP contribution in [0, 0.1) is 17.2 Å². The number of allylic oxidation sites excluding steroid dienone is 5. The molecular formula is C28H29NO3. The van der Waals surface area contributed by atoms with Gasteiger partial charge in [0.2, 0.25) is 0 Å². The monoisotopic (exact) mass is 427 g/mol. The summed E-state index contributed by atoms with van der Waals surface area (Å²) in [6.07, 6.45) is 10.9. The van der Waals surface area contributed by atoms with Gasteiger partial charge < -0.3 is 9.47 Å². The van der Waals surface area contributed by atoms with Gasteiger partial charge in [0, 0.05) is 6.08 Å². The first-order valence-corrected chi connectivity index (χ1v) is 10.5. The van der Waals surface area contributed by atoms with Crippen LogP contribution in [0.3, 0.4) is 0 Å². The van der Waals surface area contributed by atoms with E-state index in [2.05, 4.69) is 32.6 Å². The third-order valence-corrected chi connectivity index (χ3v) is 4.70. The standard InChI is InChI=1S/C28H29NO3/c1-6-21(10-8-9-20(3)4)26-14-11-22(17-24(26)19-29)27-15-13-25(31-5)18-23(27)12-16-28(30)32-7-2/h6,8-18,20H,1,7H2,2-5H3/b9-8-,16-12+,21-10+. The van der Waals surface area contributed by atoms with Gasteiger partial charge >= 0.3 is 5.97 Å². The van der Waals surface area contributed by atoms with E-state index in [9.17, 15) is 10.1 Å². The Morgan fingerprint density at radius 3 is 2.62 bits per heavy atom. The fourth-order valence-electron chi connectivity index (χ4n) is 3.12. The summed E-state index contributed by atoms with van der Waals surface area (Å²) in [5.74, 6) is 0.694. The van der Waals surface area contributed by atoms with Crippen molar-refractivity contribution < 1.29 is 14.3 Å². The summed E-state index contributed by atoms with van der Waals surface area (Å²) in [5, 5.41) is 9.81. The number of benzene rings is 2. The minimum atomic E-state index is -0.412. The number of nitrogens with zero attached hydrogens (tertiary/aromatic N) is 1. The first-order chi connectivity index (χ1) is 15.4. The van der Waals surface area contributed by atoms with Crippen molar-refractivity contribution in [2.75, 3.05) is 13.7 Å². The predicted octanol–water partition coefficient (Wildman–Crippen LogP) is 6.59. The number of rotatable bonds is 9. The fraction of sp³-hybridized carbons (Fsp3) is 0.214. The third kappa shape index (κ3) is 6.58. The lowest BCUT2D eigenvalue weighted by atomic mass is 9.92. The van der Waals surface area contributed by atoms with E-state index in [1.807, 2.05) is 48.6 Å². The van der Waals surface area contributed by atoms with Crippen molar-refractivity contribution in [2.45, 2.75) is 20.8 Å². The van der Waals surface area contributed by atoms with Gasteiger partial charge in [-0.2, -0.15) is 5.26 Å². The zero-order valence-electron chi connectivity index (χ0n) is 19.1. The molecule has 0 amide bonds. The second kappa shape index (κ2) is 12.1. The van der Waals surface area contributed by atoms with E-state index >= 15 is 0 Å². The molecule has 0 fully saturated rings. The summed E-state index contributed by atoms with van der Waals surface area (Å²) in [5.41, 5.74) is 4.76. The molecule has 164 valence electrons. The molecule has 0 atom stereocenters. The fourth-order valence-corrected chi connectivity index (χ4v) is 3.12. The van der Waals surface area contributed by atoms with Gasteiger partial charge in [0.25, 0.3) is 0 Å². The summed E-state index contributed by atoms with van der Waals surface area (Å²) in [7, 11) is 1.59. The number of esters is 1. The van der Waals surface area contributed by atoms with E-state index in [-0.39, 0.29) is 0 Å². The molecule has 2 rings (SSSR count). The highest BCUT2D eigenvalue weighted by Crippen LogP contribution is 2.31. The van der Waals surface area contributed by atoms with Crippen LogP contribution in [0.1, 0.15) is 37.5 Å². The van der Waals surface area contributed by atoms with Crippen LogP contribution in [0.2, 0.25) is 0 Å². The normalized spacial score (nSPS) is 11.7. The lowest BCUT2D eigenvalue weighted by molar-refractivity contribution is -0.137. The summed E-state index contributed by atoms with van der Waals surface area (Å²) < 4.78 is 10.3. The van der Waals surface area contributed by atoms with E-state index in [1.54, 1.807) is 26.2 Å². The molecule has 0 spiro atoms. The van der Waals surface area contributed by atoms with E-state index < -0.39 is 5.97 Å². The van der Waals surface area contributed by atoms with Gasteiger partial charge in [-0.05, 0) is 64.9 Å². The first-order valence-electron chi connectivity index (χ1n) is 10.5. The second-order valence-electron chi connectivity index (χ2n) is 7.37. The van der Waals surface area contributed by atoms with E-state index in [0.29, 0.717) is 23.8 Å². The molecule has 0 saturated heterocycles. The quantitative estimate of drug-likeness (QED) is 0.257. The summed E-state index contributed by atoms with van der Waals surface area (Å²) in [6, 6.07) is 13.6. The van der Waals surface area contributed by atoms with Crippen molar-refractivity contribution in [2.24, 2.45) is 5.92 Å². The third-order valence-electron chi connectivity index (χ3n) is 4.70. The minimum Gasteiger partial charge on any atom is -0.497 e. The average molecular weight is 428 g/mol. The van der Waals surface area contributed by atoms with Crippen molar-refractivity contribution >= 4 is 17.6 Å². The molecule has 0 radical (unpaired) electrons. The molecule has 0 N–H and O–H groups in total. The average Bonchev–Trinajstić information content (AvgIpc) is 2.80. The van der Waals surface area contributed by atoms with Gasteiger partial charge in [0.05, 0.1) is 25.3 Å². The molecule has 0 aromatic heterocycles. The highest BCUT2D eigenvalue weighted by Gasteiger charge is 2.11. The molecule has 2 aromatic carbocycles. The lowest BCUT2D eigenvalue weighted by Gasteiger charge is -2.12. The summed E-state index contributed by atoms with van der Waals surface area (Å²) in [4.78, 5) is 11.8. The number of carbonyl (C=O) groups excluding carboxylic acids is 1. The molecule has 0 bridgehead atoms. The number of methoxy groups -OCH3 is 1. The van der Waals surface area contributed by atoms with Crippen molar-refractivity contribution in [3.63, 3.8) is 0 Å². The number of ether oxygens (including phenoxy) is 2. The molecule has 0 aliphatic rings. The Hall–Kier alpha value is -3.84. The SMILES string of the molecule is C=C/C(=C\C=C/C(C)C)c1ccc(-c2ccc(OC)cc2/C=C/C(=O)OCC)cc1C#N. The van der Waals surface area contributed by atoms with Crippen LogP contribution in [-0.4, -0.2) is 19.7 Å². The zero-order chi connectivity index (χ0) is 23.5. The second-order valence-corrected chi connectivity index (χ2v) is 7.37. The topological polar surface area (TPSA) is 59.3 Å². The van der Waals surface area contributed by atoms with Crippen molar-refractivity contribution in [3.05, 3.63) is 90.0 Å². The van der Waals surface area contributed by atoms with Crippen molar-refractivity contribution in [3.8, 4) is 22.9 Å². The molecule has 0 heterocycles. The van der Waals surface area contributed by atoms with E-state index in [1.165, 1.54) is 6.08 Å². The zero-order valence-corrected chi connectivity index (χ0v) is 19.1. The number of nitriles is 1. The van der Waals surface area contributed by atoms with Crippen LogP contribution >= 0.6 is 0 Å². The molecule has 0 unspecified atom stereocenters. The summed E-state index contributed by atoms with van der Waals surface area (Å²) in [6.45, 7) is 10.2. The molecule has 4 heteroatoms. The smallest absolute Gasteiger partial charge is 0.330 e. The summed E-state index contributed by atoms with van der Waals surface area (Å²) >= 11 is 0. The number of hydrogen-bond acceptors (Lipinski definition) is 4. The van der Waals surface area contributed by atoms with Gasteiger partial charge in [-0.1, -0.05) is 62.9 Å². The largest absolute Gasteiger partial charge is 0.497 e. The molecule has 2 aromatic rings. The Kier molecular flexibility index (Phi) is 9.25. The molecule has 32 heavy (non-hydrogen) atoms. The van der Waals surface area contributed by atoms with Crippen LogP contribution in [0.4, 0.5) is 0 Å². The number of hydrogen-bond donors (Lipinski definition) is 0. The Morgan fingerprint density at radius 1 is 1.22 bits per heavy atom.